The van der Waals surface area contributed by atoms with Gasteiger partial charge in [0.2, 0.25) is 0 Å². The van der Waals surface area contributed by atoms with Crippen molar-refractivity contribution in [1.82, 2.24) is 10.2 Å². The molecule has 0 atom stereocenters. The van der Waals surface area contributed by atoms with Crippen molar-refractivity contribution in [2.24, 2.45) is 0 Å². The Bertz CT molecular complexity index is 604. The van der Waals surface area contributed by atoms with Gasteiger partial charge in [0, 0.05) is 45.0 Å². The van der Waals surface area contributed by atoms with Crippen molar-refractivity contribution >= 4 is 22.3 Å². The van der Waals surface area contributed by atoms with E-state index in [-0.39, 0.29) is 0 Å². The molecule has 4 N–H and O–H groups in total. The Balaban J connectivity index is 1.84. The molecule has 1 aromatic heterocycles. The summed E-state index contributed by atoms with van der Waals surface area (Å²) in [5, 5.41) is 18.5. The fourth-order valence-electron chi connectivity index (χ4n) is 2.76. The van der Waals surface area contributed by atoms with Crippen LogP contribution in [-0.4, -0.2) is 47.7 Å². The Morgan fingerprint density at radius 3 is 2.95 bits per heavy atom. The minimum absolute atomic E-state index is 0.542. The van der Waals surface area contributed by atoms with Crippen LogP contribution >= 0.6 is 0 Å². The Morgan fingerprint density at radius 2 is 2.20 bits per heavy atom. The number of hydrogen-bond acceptors (Lipinski definition) is 5. The van der Waals surface area contributed by atoms with E-state index in [1.165, 1.54) is 0 Å². The molecule has 3 rings (SSSR count). The first-order chi connectivity index (χ1) is 9.57. The molecule has 1 saturated heterocycles. The van der Waals surface area contributed by atoms with E-state index in [4.69, 9.17) is 10.5 Å². The third kappa shape index (κ3) is 2.44. The molecule has 6 heteroatoms. The standard InChI is InChI=1S/C14H20N4O2/c1-18(9-14(19)2-4-20-5-3-14)13-7-12-10(6-11(13)15)8-16-17-12/h6-8,19H,2-5,9,15H2,1H3,(H,16,17). The molecule has 20 heavy (non-hydrogen) atoms. The summed E-state index contributed by atoms with van der Waals surface area (Å²) in [4.78, 5) is 2.00. The number of fused-ring (bicyclic) bond motifs is 1. The van der Waals surface area contributed by atoms with Gasteiger partial charge >= 0.3 is 0 Å². The first kappa shape index (κ1) is 13.2. The SMILES string of the molecule is CN(CC1(O)CCOCC1)c1cc2[nH]ncc2cc1N. The number of anilines is 2. The predicted octanol–water partition coefficient (Wildman–Crippen LogP) is 1.12. The van der Waals surface area contributed by atoms with E-state index in [0.29, 0.717) is 38.3 Å². The molecule has 2 heterocycles. The second-order valence-corrected chi connectivity index (χ2v) is 5.56. The second-order valence-electron chi connectivity index (χ2n) is 5.56. The average Bonchev–Trinajstić information content (AvgIpc) is 2.85. The third-order valence-corrected chi connectivity index (χ3v) is 3.95. The number of nitrogens with one attached hydrogen (secondary N) is 1. The number of benzene rings is 1. The second kappa shape index (κ2) is 4.96. The smallest absolute Gasteiger partial charge is 0.0865 e. The number of H-pyrrole nitrogens is 1. The zero-order valence-corrected chi connectivity index (χ0v) is 11.6. The van der Waals surface area contributed by atoms with Crippen LogP contribution in [0.2, 0.25) is 0 Å². The molecule has 0 bridgehead atoms. The van der Waals surface area contributed by atoms with Gasteiger partial charge < -0.3 is 20.5 Å². The lowest BCUT2D eigenvalue weighted by molar-refractivity contribution is -0.0572. The number of nitrogens with two attached hydrogens (primary N) is 1. The Morgan fingerprint density at radius 1 is 1.45 bits per heavy atom. The first-order valence-electron chi connectivity index (χ1n) is 6.81. The van der Waals surface area contributed by atoms with Crippen LogP contribution in [0, 0.1) is 0 Å². The maximum absolute atomic E-state index is 10.6. The van der Waals surface area contributed by atoms with Crippen molar-refractivity contribution in [1.29, 1.82) is 0 Å². The van der Waals surface area contributed by atoms with Gasteiger partial charge in [-0.2, -0.15) is 5.10 Å². The number of nitrogens with zero attached hydrogens (tertiary/aromatic N) is 2. The van der Waals surface area contributed by atoms with Crippen LogP contribution < -0.4 is 10.6 Å². The highest BCUT2D eigenvalue weighted by Crippen LogP contribution is 2.30. The van der Waals surface area contributed by atoms with E-state index >= 15 is 0 Å². The van der Waals surface area contributed by atoms with E-state index in [0.717, 1.165) is 16.6 Å². The van der Waals surface area contributed by atoms with Crippen LogP contribution in [0.4, 0.5) is 11.4 Å². The minimum atomic E-state index is -0.706. The molecule has 0 saturated carbocycles. The molecule has 0 aliphatic carbocycles. The summed E-state index contributed by atoms with van der Waals surface area (Å²) in [7, 11) is 1.95. The van der Waals surface area contributed by atoms with Gasteiger partial charge in [-0.15, -0.1) is 0 Å². The Kier molecular flexibility index (Phi) is 3.27. The van der Waals surface area contributed by atoms with Gasteiger partial charge in [0.15, 0.2) is 0 Å². The summed E-state index contributed by atoms with van der Waals surface area (Å²) in [6.45, 7) is 1.76. The number of aromatic nitrogens is 2. The molecule has 6 nitrogen and oxygen atoms in total. The molecule has 0 unspecified atom stereocenters. The molecule has 1 aromatic carbocycles. The zero-order chi connectivity index (χ0) is 14.2. The van der Waals surface area contributed by atoms with Gasteiger partial charge in [-0.1, -0.05) is 0 Å². The quantitative estimate of drug-likeness (QED) is 0.731. The summed E-state index contributed by atoms with van der Waals surface area (Å²) >= 11 is 0. The van der Waals surface area contributed by atoms with Crippen molar-refractivity contribution in [3.8, 4) is 0 Å². The van der Waals surface area contributed by atoms with Gasteiger partial charge in [0.05, 0.1) is 28.7 Å². The highest BCUT2D eigenvalue weighted by molar-refractivity contribution is 5.88. The summed E-state index contributed by atoms with van der Waals surface area (Å²) in [6, 6.07) is 3.87. The number of aromatic amines is 1. The maximum Gasteiger partial charge on any atom is 0.0865 e. The van der Waals surface area contributed by atoms with E-state index < -0.39 is 5.60 Å². The largest absolute Gasteiger partial charge is 0.397 e. The van der Waals surface area contributed by atoms with E-state index in [1.54, 1.807) is 6.20 Å². The summed E-state index contributed by atoms with van der Waals surface area (Å²) in [5.74, 6) is 0. The normalized spacial score (nSPS) is 18.3. The number of likely N-dealkylation sites (N-methyl/N-ethyl adjacent to an activating group) is 1. The minimum Gasteiger partial charge on any atom is -0.397 e. The van der Waals surface area contributed by atoms with Crippen molar-refractivity contribution in [3.05, 3.63) is 18.3 Å². The Hall–Kier alpha value is -1.79. The lowest BCUT2D eigenvalue weighted by Crippen LogP contribution is -2.45. The van der Waals surface area contributed by atoms with Crippen LogP contribution in [0.1, 0.15) is 12.8 Å². The zero-order valence-electron chi connectivity index (χ0n) is 11.6. The predicted molar refractivity (Wildman–Crippen MR) is 78.8 cm³/mol. The molecule has 2 aromatic rings. The molecule has 1 fully saturated rings. The summed E-state index contributed by atoms with van der Waals surface area (Å²) in [6.07, 6.45) is 3.06. The van der Waals surface area contributed by atoms with Crippen molar-refractivity contribution in [3.63, 3.8) is 0 Å². The van der Waals surface area contributed by atoms with E-state index in [1.807, 2.05) is 24.1 Å². The monoisotopic (exact) mass is 276 g/mol. The Labute approximate surface area is 117 Å². The first-order valence-corrected chi connectivity index (χ1v) is 6.81. The van der Waals surface area contributed by atoms with Crippen LogP contribution in [-0.2, 0) is 4.74 Å². The molecular weight excluding hydrogens is 256 g/mol. The summed E-state index contributed by atoms with van der Waals surface area (Å²) in [5.41, 5.74) is 7.94. The maximum atomic E-state index is 10.6. The highest BCUT2D eigenvalue weighted by Gasteiger charge is 2.31. The molecular formula is C14H20N4O2. The molecule has 0 spiro atoms. The highest BCUT2D eigenvalue weighted by atomic mass is 16.5. The number of rotatable bonds is 3. The van der Waals surface area contributed by atoms with Gasteiger partial charge in [0.25, 0.3) is 0 Å². The topological polar surface area (TPSA) is 87.4 Å². The molecule has 108 valence electrons. The fraction of sp³-hybridized carbons (Fsp3) is 0.500. The van der Waals surface area contributed by atoms with Crippen LogP contribution in [0.25, 0.3) is 10.9 Å². The van der Waals surface area contributed by atoms with Crippen molar-refractivity contribution in [2.45, 2.75) is 18.4 Å². The summed E-state index contributed by atoms with van der Waals surface area (Å²) < 4.78 is 5.31. The van der Waals surface area contributed by atoms with Gasteiger partial charge in [0.1, 0.15) is 0 Å². The van der Waals surface area contributed by atoms with Gasteiger partial charge in [-0.3, -0.25) is 5.10 Å². The lowest BCUT2D eigenvalue weighted by Gasteiger charge is -2.36. The lowest BCUT2D eigenvalue weighted by atomic mass is 9.93. The number of hydrogen-bond donors (Lipinski definition) is 3. The fourth-order valence-corrected chi connectivity index (χ4v) is 2.76. The van der Waals surface area contributed by atoms with E-state index in [2.05, 4.69) is 10.2 Å². The van der Waals surface area contributed by atoms with Gasteiger partial charge in [-0.25, -0.2) is 0 Å². The van der Waals surface area contributed by atoms with Crippen molar-refractivity contribution < 1.29 is 9.84 Å². The van der Waals surface area contributed by atoms with Crippen LogP contribution in [0.15, 0.2) is 18.3 Å². The number of ether oxygens (including phenoxy) is 1. The van der Waals surface area contributed by atoms with Crippen LogP contribution in [0.5, 0.6) is 0 Å². The van der Waals surface area contributed by atoms with Crippen LogP contribution in [0.3, 0.4) is 0 Å². The molecule has 0 amide bonds. The number of aliphatic hydroxyl groups is 1. The number of nitrogen functional groups attached to an aromatic ring is 1. The van der Waals surface area contributed by atoms with Gasteiger partial charge in [-0.05, 0) is 12.1 Å². The van der Waals surface area contributed by atoms with E-state index in [9.17, 15) is 5.11 Å². The van der Waals surface area contributed by atoms with Crippen molar-refractivity contribution in [2.75, 3.05) is 37.4 Å². The molecule has 0 radical (unpaired) electrons. The average molecular weight is 276 g/mol. The third-order valence-electron chi connectivity index (χ3n) is 3.95. The molecule has 1 aliphatic rings. The molecule has 1 aliphatic heterocycles.